The maximum Gasteiger partial charge on any atom is 0.343 e. The number of Topliss-reactive ketones (excluding diaryl/α,β-unsaturated/α-hetero) is 1. The van der Waals surface area contributed by atoms with Gasteiger partial charge >= 0.3 is 11.9 Å². The highest BCUT2D eigenvalue weighted by Crippen LogP contribution is 2.14. The Hall–Kier alpha value is -3.06. The molecule has 13 nitrogen and oxygen atoms in total. The molecule has 0 aromatic carbocycles. The third kappa shape index (κ3) is 8.71. The molecule has 0 bridgehead atoms. The number of aliphatic carboxylic acids is 2. The summed E-state index contributed by atoms with van der Waals surface area (Å²) in [5.74, 6) is -7.86. The molecule has 0 radical (unpaired) electrons. The number of nitrogens with two attached hydrogens (primary N) is 2. The van der Waals surface area contributed by atoms with Gasteiger partial charge in [-0.3, -0.25) is 19.2 Å². The molecule has 4 atom stereocenters. The second-order valence-corrected chi connectivity index (χ2v) is 9.18. The molecule has 0 fully saturated rings. The summed E-state index contributed by atoms with van der Waals surface area (Å²) in [6.45, 7) is 9.78. The molecule has 0 spiro atoms. The minimum atomic E-state index is -3.26. The van der Waals surface area contributed by atoms with Crippen LogP contribution in [0.15, 0.2) is 0 Å². The van der Waals surface area contributed by atoms with Crippen molar-refractivity contribution in [3.63, 3.8) is 0 Å². The van der Waals surface area contributed by atoms with E-state index in [0.29, 0.717) is 0 Å². The predicted molar refractivity (Wildman–Crippen MR) is 121 cm³/mol. The van der Waals surface area contributed by atoms with Crippen molar-refractivity contribution in [3.05, 3.63) is 0 Å². The quantitative estimate of drug-likeness (QED) is 0.138. The van der Waals surface area contributed by atoms with Crippen LogP contribution in [0.1, 0.15) is 54.4 Å². The van der Waals surface area contributed by atoms with Crippen LogP contribution < -0.4 is 27.4 Å². The van der Waals surface area contributed by atoms with E-state index in [-0.39, 0.29) is 24.7 Å². The molecule has 0 aromatic heterocycles. The van der Waals surface area contributed by atoms with Gasteiger partial charge in [0.15, 0.2) is 5.78 Å². The molecule has 9 N–H and O–H groups in total. The van der Waals surface area contributed by atoms with Crippen molar-refractivity contribution in [2.75, 3.05) is 0 Å². The lowest BCUT2D eigenvalue weighted by molar-refractivity contribution is -0.161. The van der Waals surface area contributed by atoms with Gasteiger partial charge in [0, 0.05) is 0 Å². The lowest BCUT2D eigenvalue weighted by atomic mass is 9.86. The van der Waals surface area contributed by atoms with Crippen molar-refractivity contribution in [1.82, 2.24) is 16.0 Å². The van der Waals surface area contributed by atoms with Gasteiger partial charge in [-0.1, -0.05) is 27.7 Å². The molecule has 0 aliphatic rings. The Morgan fingerprint density at radius 3 is 1.50 bits per heavy atom. The van der Waals surface area contributed by atoms with E-state index in [1.54, 1.807) is 13.8 Å². The molecule has 0 saturated carbocycles. The number of ketones is 1. The van der Waals surface area contributed by atoms with Gasteiger partial charge < -0.3 is 37.6 Å². The number of carboxylic acids is 2. The monoisotopic (exact) mass is 487 g/mol. The molecule has 0 aliphatic carbocycles. The van der Waals surface area contributed by atoms with Gasteiger partial charge in [-0.2, -0.15) is 0 Å². The molecule has 0 heterocycles. The summed E-state index contributed by atoms with van der Waals surface area (Å²) in [4.78, 5) is 72.9. The van der Waals surface area contributed by atoms with Crippen LogP contribution in [0.3, 0.4) is 0 Å². The molecule has 3 amide bonds. The third-order valence-electron chi connectivity index (χ3n) is 4.91. The van der Waals surface area contributed by atoms with Crippen molar-refractivity contribution in [2.24, 2.45) is 23.3 Å². The van der Waals surface area contributed by atoms with Gasteiger partial charge in [0.2, 0.25) is 17.7 Å². The van der Waals surface area contributed by atoms with E-state index in [9.17, 15) is 39.0 Å². The first-order valence-corrected chi connectivity index (χ1v) is 10.9. The second kappa shape index (κ2) is 13.0. The summed E-state index contributed by atoms with van der Waals surface area (Å²) >= 11 is 0. The zero-order valence-electron chi connectivity index (χ0n) is 20.4. The fourth-order valence-corrected chi connectivity index (χ4v) is 2.96. The normalized spacial score (nSPS) is 15.1. The van der Waals surface area contributed by atoms with Crippen molar-refractivity contribution < 1.29 is 39.0 Å². The van der Waals surface area contributed by atoms with Crippen molar-refractivity contribution in [2.45, 2.75) is 84.1 Å². The number of hydrogen-bond donors (Lipinski definition) is 7. The van der Waals surface area contributed by atoms with Crippen LogP contribution in [0.5, 0.6) is 0 Å². The largest absolute Gasteiger partial charge is 0.479 e. The fraction of sp³-hybridized carbons (Fsp3) is 0.714. The summed E-state index contributed by atoms with van der Waals surface area (Å²) in [6.07, 6.45) is 0.172. The summed E-state index contributed by atoms with van der Waals surface area (Å²) in [7, 11) is 0. The van der Waals surface area contributed by atoms with Crippen molar-refractivity contribution in [1.29, 1.82) is 0 Å². The first-order valence-electron chi connectivity index (χ1n) is 10.9. The number of carboxylic acid groups (broad SMARTS) is 2. The van der Waals surface area contributed by atoms with Crippen LogP contribution in [0, 0.1) is 11.8 Å². The lowest BCUT2D eigenvalue weighted by Gasteiger charge is -2.28. The third-order valence-corrected chi connectivity index (χ3v) is 4.91. The number of carbonyl (C=O) groups is 6. The van der Waals surface area contributed by atoms with E-state index in [4.69, 9.17) is 11.5 Å². The highest BCUT2D eigenvalue weighted by molar-refractivity contribution is 6.26. The summed E-state index contributed by atoms with van der Waals surface area (Å²) in [5, 5.41) is 25.7. The summed E-state index contributed by atoms with van der Waals surface area (Å²) in [6, 6.07) is -4.57. The Kier molecular flexibility index (Phi) is 11.8. The SMILES string of the molecule is CC(C)C[C@H](NC(=O)[C@H](C)N)C(=O)N[C@@H](C)C(=O)N[C@@H](CC(C)C)C(=O)C(N)(C(=O)O)C(=O)O. The van der Waals surface area contributed by atoms with Crippen LogP contribution in [-0.2, 0) is 28.8 Å². The second-order valence-electron chi connectivity index (χ2n) is 9.18. The predicted octanol–water partition coefficient (Wildman–Crippen LogP) is -1.66. The first kappa shape index (κ1) is 30.9. The molecular weight excluding hydrogens is 450 g/mol. The Morgan fingerprint density at radius 1 is 0.706 bits per heavy atom. The van der Waals surface area contributed by atoms with Gasteiger partial charge in [0.25, 0.3) is 5.54 Å². The Bertz CT molecular complexity index is 782. The Balaban J connectivity index is 5.61. The zero-order chi connectivity index (χ0) is 27.0. The van der Waals surface area contributed by atoms with Gasteiger partial charge in [0.05, 0.1) is 12.1 Å². The molecular formula is C21H37N5O8. The van der Waals surface area contributed by atoms with E-state index in [1.165, 1.54) is 13.8 Å². The number of rotatable bonds is 14. The highest BCUT2D eigenvalue weighted by atomic mass is 16.4. The van der Waals surface area contributed by atoms with Crippen LogP contribution in [0.2, 0.25) is 0 Å². The lowest BCUT2D eigenvalue weighted by Crippen LogP contribution is -2.67. The minimum Gasteiger partial charge on any atom is -0.479 e. The topological polar surface area (TPSA) is 231 Å². The summed E-state index contributed by atoms with van der Waals surface area (Å²) < 4.78 is 0. The first-order chi connectivity index (χ1) is 15.4. The summed E-state index contributed by atoms with van der Waals surface area (Å²) in [5.41, 5.74) is 7.65. The number of amides is 3. The standard InChI is InChI=1S/C21H37N5O8/c1-9(2)7-13(15(27)21(23,19(31)32)20(33)34)25-17(29)12(6)24-18(30)14(8-10(3)4)26-16(28)11(5)22/h9-14H,7-8,22-23H2,1-6H3,(H,24,30)(H,25,29)(H,26,28)(H,31,32)(H,33,34)/t11-,12-,13-,14-/m0/s1. The van der Waals surface area contributed by atoms with E-state index in [1.807, 2.05) is 13.8 Å². The smallest absolute Gasteiger partial charge is 0.343 e. The van der Waals surface area contributed by atoms with Gasteiger partial charge in [0.1, 0.15) is 12.1 Å². The van der Waals surface area contributed by atoms with E-state index in [0.717, 1.165) is 0 Å². The Labute approximate surface area is 198 Å². The van der Waals surface area contributed by atoms with E-state index >= 15 is 0 Å². The van der Waals surface area contributed by atoms with Crippen LogP contribution in [0.25, 0.3) is 0 Å². The van der Waals surface area contributed by atoms with Crippen molar-refractivity contribution in [3.8, 4) is 0 Å². The molecule has 0 aromatic rings. The molecule has 13 heteroatoms. The van der Waals surface area contributed by atoms with E-state index in [2.05, 4.69) is 16.0 Å². The Morgan fingerprint density at radius 2 is 1.12 bits per heavy atom. The van der Waals surface area contributed by atoms with Crippen LogP contribution >= 0.6 is 0 Å². The molecule has 194 valence electrons. The van der Waals surface area contributed by atoms with Crippen molar-refractivity contribution >= 4 is 35.4 Å². The highest BCUT2D eigenvalue weighted by Gasteiger charge is 2.53. The number of hydrogen-bond acceptors (Lipinski definition) is 8. The molecule has 0 rings (SSSR count). The molecule has 34 heavy (non-hydrogen) atoms. The fourth-order valence-electron chi connectivity index (χ4n) is 2.96. The average Bonchev–Trinajstić information content (AvgIpc) is 2.69. The maximum absolute atomic E-state index is 12.7. The van der Waals surface area contributed by atoms with Gasteiger partial charge in [-0.05, 0) is 38.5 Å². The molecule has 0 unspecified atom stereocenters. The van der Waals surface area contributed by atoms with Crippen LogP contribution in [0.4, 0.5) is 0 Å². The van der Waals surface area contributed by atoms with E-state index < -0.39 is 65.1 Å². The van der Waals surface area contributed by atoms with Crippen LogP contribution in [-0.4, -0.2) is 75.4 Å². The zero-order valence-corrected chi connectivity index (χ0v) is 20.4. The van der Waals surface area contributed by atoms with Gasteiger partial charge in [-0.15, -0.1) is 0 Å². The molecule has 0 saturated heterocycles. The number of carbonyl (C=O) groups excluding carboxylic acids is 4. The number of nitrogens with one attached hydrogen (secondary N) is 3. The van der Waals surface area contributed by atoms with Gasteiger partial charge in [-0.25, -0.2) is 9.59 Å². The molecule has 0 aliphatic heterocycles. The minimum absolute atomic E-state index is 0.0195. The maximum atomic E-state index is 12.7. The average molecular weight is 488 g/mol.